The molecular weight excluding hydrogens is 364 g/mol. The van der Waals surface area contributed by atoms with Gasteiger partial charge in [0.25, 0.3) is 0 Å². The number of hydrogen-bond donors (Lipinski definition) is 2. The van der Waals surface area contributed by atoms with Crippen molar-refractivity contribution in [2.45, 2.75) is 11.6 Å². The van der Waals surface area contributed by atoms with Crippen molar-refractivity contribution in [1.82, 2.24) is 15.0 Å². The van der Waals surface area contributed by atoms with Crippen LogP contribution in [0.15, 0.2) is 65.1 Å². The summed E-state index contributed by atoms with van der Waals surface area (Å²) in [4.78, 5) is 24.4. The van der Waals surface area contributed by atoms with Gasteiger partial charge in [-0.05, 0) is 12.1 Å². The Labute approximate surface area is 158 Å². The molecule has 0 unspecified atom stereocenters. The quantitative estimate of drug-likeness (QED) is 0.471. The number of rotatable bonds is 6. The van der Waals surface area contributed by atoms with Crippen LogP contribution in [0.3, 0.4) is 0 Å². The van der Waals surface area contributed by atoms with Crippen molar-refractivity contribution in [3.05, 3.63) is 60.0 Å². The van der Waals surface area contributed by atoms with Crippen LogP contribution >= 0.6 is 23.1 Å². The Hall–Kier alpha value is -2.64. The van der Waals surface area contributed by atoms with Crippen LogP contribution in [-0.2, 0) is 4.79 Å². The number of aromatic amines is 1. The number of thioether (sulfide) groups is 1. The first-order valence-electron chi connectivity index (χ1n) is 8.16. The zero-order chi connectivity index (χ0) is 17.8. The highest BCUT2D eigenvalue weighted by molar-refractivity contribution is 7.99. The van der Waals surface area contributed by atoms with Crippen LogP contribution in [0.5, 0.6) is 0 Å². The predicted octanol–water partition coefficient (Wildman–Crippen LogP) is 4.81. The van der Waals surface area contributed by atoms with Crippen molar-refractivity contribution in [2.24, 2.45) is 0 Å². The zero-order valence-electron chi connectivity index (χ0n) is 13.8. The lowest BCUT2D eigenvalue weighted by atomic mass is 10.2. The highest BCUT2D eigenvalue weighted by Crippen LogP contribution is 2.25. The van der Waals surface area contributed by atoms with E-state index in [1.165, 1.54) is 11.3 Å². The lowest BCUT2D eigenvalue weighted by molar-refractivity contribution is -0.115. The second kappa shape index (κ2) is 7.72. The SMILES string of the molecule is O=C(CCSc1nc2ccccc2[nH]1)Nc1nc(-c2ccccc2)cs1. The number of carbonyl (C=O) groups excluding carboxylic acids is 1. The molecule has 2 N–H and O–H groups in total. The Balaban J connectivity index is 1.29. The van der Waals surface area contributed by atoms with E-state index in [1.807, 2.05) is 60.0 Å². The minimum absolute atomic E-state index is 0.0393. The van der Waals surface area contributed by atoms with Crippen molar-refractivity contribution in [3.63, 3.8) is 0 Å². The average Bonchev–Trinajstić information content (AvgIpc) is 3.29. The van der Waals surface area contributed by atoms with Crippen LogP contribution in [0.1, 0.15) is 6.42 Å². The van der Waals surface area contributed by atoms with E-state index in [1.54, 1.807) is 11.8 Å². The van der Waals surface area contributed by atoms with Crippen molar-refractivity contribution >= 4 is 45.2 Å². The fourth-order valence-corrected chi connectivity index (χ4v) is 4.05. The van der Waals surface area contributed by atoms with Gasteiger partial charge in [-0.2, -0.15) is 0 Å². The lowest BCUT2D eigenvalue weighted by Crippen LogP contribution is -2.11. The number of amides is 1. The third-order valence-corrected chi connectivity index (χ3v) is 5.39. The molecule has 1 amide bonds. The predicted molar refractivity (Wildman–Crippen MR) is 108 cm³/mol. The van der Waals surface area contributed by atoms with E-state index in [0.29, 0.717) is 17.3 Å². The Morgan fingerprint density at radius 3 is 2.73 bits per heavy atom. The normalized spacial score (nSPS) is 10.9. The molecule has 0 spiro atoms. The summed E-state index contributed by atoms with van der Waals surface area (Å²) in [5, 5.41) is 6.28. The number of fused-ring (bicyclic) bond motifs is 1. The number of imidazole rings is 1. The summed E-state index contributed by atoms with van der Waals surface area (Å²) in [6, 6.07) is 17.8. The fraction of sp³-hybridized carbons (Fsp3) is 0.105. The van der Waals surface area contributed by atoms with Crippen LogP contribution < -0.4 is 5.32 Å². The Bertz CT molecular complexity index is 993. The average molecular weight is 380 g/mol. The Kier molecular flexibility index (Phi) is 4.99. The first kappa shape index (κ1) is 16.8. The number of hydrogen-bond acceptors (Lipinski definition) is 5. The van der Waals surface area contributed by atoms with E-state index >= 15 is 0 Å². The third-order valence-electron chi connectivity index (χ3n) is 3.76. The molecule has 7 heteroatoms. The molecule has 4 aromatic rings. The fourth-order valence-electron chi connectivity index (χ4n) is 2.49. The first-order chi connectivity index (χ1) is 12.8. The molecule has 0 bridgehead atoms. The molecule has 5 nitrogen and oxygen atoms in total. The molecule has 0 radical (unpaired) electrons. The van der Waals surface area contributed by atoms with Crippen molar-refractivity contribution < 1.29 is 4.79 Å². The minimum atomic E-state index is -0.0393. The molecule has 130 valence electrons. The molecule has 0 saturated carbocycles. The largest absolute Gasteiger partial charge is 0.333 e. The van der Waals surface area contributed by atoms with Gasteiger partial charge in [0.15, 0.2) is 10.3 Å². The van der Waals surface area contributed by atoms with Crippen LogP contribution in [0.4, 0.5) is 5.13 Å². The molecule has 0 saturated heterocycles. The monoisotopic (exact) mass is 380 g/mol. The highest BCUT2D eigenvalue weighted by Gasteiger charge is 2.09. The molecule has 0 aliphatic carbocycles. The van der Waals surface area contributed by atoms with E-state index in [-0.39, 0.29) is 5.91 Å². The smallest absolute Gasteiger partial charge is 0.226 e. The van der Waals surface area contributed by atoms with Gasteiger partial charge in [-0.3, -0.25) is 4.79 Å². The first-order valence-corrected chi connectivity index (χ1v) is 10.0. The van der Waals surface area contributed by atoms with E-state index in [2.05, 4.69) is 20.3 Å². The van der Waals surface area contributed by atoms with Gasteiger partial charge in [-0.25, -0.2) is 9.97 Å². The van der Waals surface area contributed by atoms with Gasteiger partial charge in [0.1, 0.15) is 0 Å². The summed E-state index contributed by atoms with van der Waals surface area (Å²) in [6.07, 6.45) is 0.405. The number of aromatic nitrogens is 3. The number of para-hydroxylation sites is 2. The second-order valence-corrected chi connectivity index (χ2v) is 7.55. The topological polar surface area (TPSA) is 70.7 Å². The third kappa shape index (κ3) is 3.95. The summed E-state index contributed by atoms with van der Waals surface area (Å²) in [5.41, 5.74) is 3.87. The van der Waals surface area contributed by atoms with Crippen molar-refractivity contribution in [3.8, 4) is 11.3 Å². The number of benzene rings is 2. The maximum absolute atomic E-state index is 12.1. The molecule has 2 aromatic carbocycles. The highest BCUT2D eigenvalue weighted by atomic mass is 32.2. The number of H-pyrrole nitrogens is 1. The van der Waals surface area contributed by atoms with Gasteiger partial charge >= 0.3 is 0 Å². The summed E-state index contributed by atoms with van der Waals surface area (Å²) < 4.78 is 0. The van der Waals surface area contributed by atoms with Gasteiger partial charge in [-0.15, -0.1) is 11.3 Å². The summed E-state index contributed by atoms with van der Waals surface area (Å²) in [5.74, 6) is 0.616. The van der Waals surface area contributed by atoms with Gasteiger partial charge in [0.05, 0.1) is 16.7 Å². The standard InChI is InChI=1S/C19H16N4OS2/c24-17(10-11-25-18-20-14-8-4-5-9-15(14)21-18)23-19-22-16(12-26-19)13-6-2-1-3-7-13/h1-9,12H,10-11H2,(H,20,21)(H,22,23,24). The van der Waals surface area contributed by atoms with Crippen LogP contribution in [0, 0.1) is 0 Å². The molecule has 0 aliphatic rings. The van der Waals surface area contributed by atoms with E-state index in [0.717, 1.165) is 27.4 Å². The van der Waals surface area contributed by atoms with Crippen molar-refractivity contribution in [1.29, 1.82) is 0 Å². The molecule has 26 heavy (non-hydrogen) atoms. The zero-order valence-corrected chi connectivity index (χ0v) is 15.4. The molecule has 0 atom stereocenters. The maximum Gasteiger partial charge on any atom is 0.226 e. The van der Waals surface area contributed by atoms with Gasteiger partial charge < -0.3 is 10.3 Å². The minimum Gasteiger partial charge on any atom is -0.333 e. The summed E-state index contributed by atoms with van der Waals surface area (Å²) in [6.45, 7) is 0. The summed E-state index contributed by atoms with van der Waals surface area (Å²) in [7, 11) is 0. The van der Waals surface area contributed by atoms with E-state index in [4.69, 9.17) is 0 Å². The number of nitrogens with one attached hydrogen (secondary N) is 2. The molecule has 0 fully saturated rings. The molecule has 0 aliphatic heterocycles. The molecule has 4 rings (SSSR count). The second-order valence-electron chi connectivity index (χ2n) is 5.61. The van der Waals surface area contributed by atoms with Crippen LogP contribution in [-0.4, -0.2) is 26.6 Å². The van der Waals surface area contributed by atoms with Gasteiger partial charge in [-0.1, -0.05) is 54.2 Å². The van der Waals surface area contributed by atoms with E-state index < -0.39 is 0 Å². The number of thiazole rings is 1. The maximum atomic E-state index is 12.1. The number of carbonyl (C=O) groups is 1. The number of nitrogens with zero attached hydrogens (tertiary/aromatic N) is 2. The molecule has 2 heterocycles. The Morgan fingerprint density at radius 1 is 1.08 bits per heavy atom. The van der Waals surface area contributed by atoms with Gasteiger partial charge in [0.2, 0.25) is 5.91 Å². The molecule has 2 aromatic heterocycles. The summed E-state index contributed by atoms with van der Waals surface area (Å²) >= 11 is 2.98. The van der Waals surface area contributed by atoms with Crippen LogP contribution in [0.2, 0.25) is 0 Å². The van der Waals surface area contributed by atoms with Crippen molar-refractivity contribution in [2.75, 3.05) is 11.1 Å². The van der Waals surface area contributed by atoms with E-state index in [9.17, 15) is 4.79 Å². The Morgan fingerprint density at radius 2 is 1.88 bits per heavy atom. The van der Waals surface area contributed by atoms with Gasteiger partial charge in [0, 0.05) is 23.1 Å². The molecular formula is C19H16N4OS2. The lowest BCUT2D eigenvalue weighted by Gasteiger charge is -2.00. The number of anilines is 1. The van der Waals surface area contributed by atoms with Crippen LogP contribution in [0.25, 0.3) is 22.3 Å².